The van der Waals surface area contributed by atoms with Crippen molar-refractivity contribution in [2.75, 3.05) is 5.75 Å². The Bertz CT molecular complexity index is 1200. The van der Waals surface area contributed by atoms with Gasteiger partial charge in [-0.1, -0.05) is 66.7 Å². The third-order valence-electron chi connectivity index (χ3n) is 5.74. The number of ether oxygens (including phenoxy) is 1. The largest absolute Gasteiger partial charge is 0.487 e. The van der Waals surface area contributed by atoms with Crippen LogP contribution in [0.3, 0.4) is 0 Å². The average molecular weight is 471 g/mol. The van der Waals surface area contributed by atoms with Crippen LogP contribution in [0.25, 0.3) is 10.9 Å². The molecule has 0 aliphatic rings. The Balaban J connectivity index is 1.35. The smallest absolute Gasteiger partial charge is 0.218 e. The molecule has 0 aliphatic carbocycles. The molecule has 1 heterocycles. The third-order valence-corrected chi connectivity index (χ3v) is 7.09. The topological polar surface area (TPSA) is 65.2 Å². The molecule has 3 aromatic carbocycles. The van der Waals surface area contributed by atoms with Crippen molar-refractivity contribution in [1.29, 1.82) is 0 Å². The number of amides is 1. The number of aryl methyl sites for hydroxylation is 1. The number of nitrogens with zero attached hydrogens (tertiary/aromatic N) is 1. The molecule has 0 saturated carbocycles. The lowest BCUT2D eigenvalue weighted by molar-refractivity contribution is -0.117. The summed E-state index contributed by atoms with van der Waals surface area (Å²) in [5.41, 5.74) is 9.84. The van der Waals surface area contributed by atoms with Gasteiger partial charge in [0, 0.05) is 22.8 Å². The Hall–Kier alpha value is -3.31. The zero-order valence-electron chi connectivity index (χ0n) is 19.2. The molecule has 0 spiro atoms. The van der Waals surface area contributed by atoms with Crippen LogP contribution in [0.2, 0.25) is 0 Å². The van der Waals surface area contributed by atoms with Crippen molar-refractivity contribution in [1.82, 2.24) is 4.98 Å². The number of fused-ring (bicyclic) bond motifs is 1. The highest BCUT2D eigenvalue weighted by atomic mass is 32.2. The summed E-state index contributed by atoms with van der Waals surface area (Å²) in [6, 6.07) is 31.0. The molecule has 5 heteroatoms. The maximum atomic E-state index is 11.2. The van der Waals surface area contributed by atoms with E-state index in [1.54, 1.807) is 11.8 Å². The van der Waals surface area contributed by atoms with Crippen LogP contribution in [0.1, 0.15) is 41.3 Å². The molecule has 2 N–H and O–H groups in total. The first kappa shape index (κ1) is 23.8. The molecule has 0 aliphatic heterocycles. The number of nitrogens with two attached hydrogens (primary N) is 1. The zero-order chi connectivity index (χ0) is 23.6. The molecule has 34 heavy (non-hydrogen) atoms. The zero-order valence-corrected chi connectivity index (χ0v) is 20.0. The Morgan fingerprint density at radius 1 is 0.912 bits per heavy atom. The number of rotatable bonds is 12. The molecule has 1 atom stereocenters. The van der Waals surface area contributed by atoms with E-state index in [0.717, 1.165) is 47.4 Å². The van der Waals surface area contributed by atoms with Crippen molar-refractivity contribution >= 4 is 28.6 Å². The van der Waals surface area contributed by atoms with Crippen molar-refractivity contribution < 1.29 is 9.53 Å². The second-order valence-electron chi connectivity index (χ2n) is 8.31. The van der Waals surface area contributed by atoms with Crippen LogP contribution in [-0.4, -0.2) is 16.6 Å². The second-order valence-corrected chi connectivity index (χ2v) is 9.62. The number of carbonyl (C=O) groups is 1. The molecular weight excluding hydrogens is 440 g/mol. The minimum absolute atomic E-state index is 0.249. The van der Waals surface area contributed by atoms with Gasteiger partial charge in [0.25, 0.3) is 0 Å². The van der Waals surface area contributed by atoms with Crippen molar-refractivity contribution in [2.24, 2.45) is 5.73 Å². The fourth-order valence-electron chi connectivity index (χ4n) is 3.91. The monoisotopic (exact) mass is 470 g/mol. The predicted octanol–water partition coefficient (Wildman–Crippen LogP) is 6.49. The van der Waals surface area contributed by atoms with Crippen molar-refractivity contribution in [2.45, 2.75) is 37.5 Å². The Morgan fingerprint density at radius 2 is 1.68 bits per heavy atom. The Morgan fingerprint density at radius 3 is 2.47 bits per heavy atom. The minimum atomic E-state index is -0.249. The number of aromatic nitrogens is 1. The summed E-state index contributed by atoms with van der Waals surface area (Å²) < 4.78 is 6.00. The molecule has 1 amide bonds. The number of hydrogen-bond donors (Lipinski definition) is 1. The number of primary amides is 1. The van der Waals surface area contributed by atoms with Crippen LogP contribution >= 0.6 is 11.8 Å². The van der Waals surface area contributed by atoms with E-state index in [0.29, 0.717) is 18.3 Å². The van der Waals surface area contributed by atoms with Crippen LogP contribution < -0.4 is 10.5 Å². The average Bonchev–Trinajstić information content (AvgIpc) is 2.87. The van der Waals surface area contributed by atoms with Crippen LogP contribution in [-0.2, 0) is 17.8 Å². The maximum absolute atomic E-state index is 11.2. The highest BCUT2D eigenvalue weighted by Gasteiger charge is 2.13. The minimum Gasteiger partial charge on any atom is -0.487 e. The van der Waals surface area contributed by atoms with Crippen molar-refractivity contribution in [3.05, 3.63) is 108 Å². The summed E-state index contributed by atoms with van der Waals surface area (Å²) in [6.07, 6.45) is 3.58. The van der Waals surface area contributed by atoms with Gasteiger partial charge in [-0.25, -0.2) is 4.98 Å². The van der Waals surface area contributed by atoms with Gasteiger partial charge in [0.15, 0.2) is 0 Å². The van der Waals surface area contributed by atoms with Crippen LogP contribution in [0.4, 0.5) is 0 Å². The van der Waals surface area contributed by atoms with E-state index in [9.17, 15) is 4.79 Å². The quantitative estimate of drug-likeness (QED) is 0.257. The van der Waals surface area contributed by atoms with E-state index < -0.39 is 0 Å². The van der Waals surface area contributed by atoms with E-state index >= 15 is 0 Å². The van der Waals surface area contributed by atoms with Gasteiger partial charge in [0.1, 0.15) is 12.4 Å². The summed E-state index contributed by atoms with van der Waals surface area (Å²) in [4.78, 5) is 15.9. The highest BCUT2D eigenvalue weighted by Crippen LogP contribution is 2.35. The lowest BCUT2D eigenvalue weighted by Gasteiger charge is -2.18. The van der Waals surface area contributed by atoms with E-state index in [2.05, 4.69) is 53.5 Å². The van der Waals surface area contributed by atoms with Crippen LogP contribution in [0.15, 0.2) is 91.0 Å². The molecule has 4 nitrogen and oxygen atoms in total. The van der Waals surface area contributed by atoms with E-state index in [1.165, 1.54) is 11.1 Å². The molecule has 1 aromatic heterocycles. The lowest BCUT2D eigenvalue weighted by atomic mass is 10.0. The second kappa shape index (κ2) is 12.2. The van der Waals surface area contributed by atoms with E-state index in [1.807, 2.05) is 42.5 Å². The number of carbonyl (C=O) groups excluding carboxylic acids is 1. The molecule has 0 radical (unpaired) electrons. The van der Waals surface area contributed by atoms with Gasteiger partial charge in [-0.15, -0.1) is 0 Å². The SMILES string of the molecule is NC(=O)CCSC(CCCc1ccccc1)c1ccc(OCc2ccc3ccccc3n2)cc1. The fraction of sp³-hybridized carbons (Fsp3) is 0.241. The normalized spacial score (nSPS) is 11.9. The number of thioether (sulfide) groups is 1. The van der Waals surface area contributed by atoms with Gasteiger partial charge in [-0.2, -0.15) is 11.8 Å². The van der Waals surface area contributed by atoms with Gasteiger partial charge in [0.2, 0.25) is 5.91 Å². The fourth-order valence-corrected chi connectivity index (χ4v) is 5.20. The van der Waals surface area contributed by atoms with Gasteiger partial charge in [-0.05, 0) is 54.7 Å². The number of benzene rings is 3. The molecule has 0 fully saturated rings. The summed E-state index contributed by atoms with van der Waals surface area (Å²) >= 11 is 1.80. The molecule has 0 saturated heterocycles. The summed E-state index contributed by atoms with van der Waals surface area (Å²) in [5.74, 6) is 1.31. The van der Waals surface area contributed by atoms with Gasteiger partial charge >= 0.3 is 0 Å². The summed E-state index contributed by atoms with van der Waals surface area (Å²) in [7, 11) is 0. The Labute approximate surface area is 205 Å². The molecule has 174 valence electrons. The van der Waals surface area contributed by atoms with Gasteiger partial charge < -0.3 is 10.5 Å². The summed E-state index contributed by atoms with van der Waals surface area (Å²) in [6.45, 7) is 0.429. The Kier molecular flexibility index (Phi) is 8.58. The van der Waals surface area contributed by atoms with Gasteiger partial charge in [0.05, 0.1) is 11.2 Å². The lowest BCUT2D eigenvalue weighted by Crippen LogP contribution is -2.11. The van der Waals surface area contributed by atoms with Crippen LogP contribution in [0.5, 0.6) is 5.75 Å². The molecule has 1 unspecified atom stereocenters. The predicted molar refractivity (Wildman–Crippen MR) is 141 cm³/mol. The first-order valence-electron chi connectivity index (χ1n) is 11.7. The number of pyridine rings is 1. The maximum Gasteiger partial charge on any atom is 0.218 e. The standard InChI is InChI=1S/C29H30N2O2S/c30-29(32)19-20-34-28(12-6-9-22-7-2-1-3-8-22)24-14-17-26(18-15-24)33-21-25-16-13-23-10-4-5-11-27(23)31-25/h1-5,7-8,10-11,13-18,28H,6,9,12,19-21H2,(H2,30,32). The molecule has 4 rings (SSSR count). The van der Waals surface area contributed by atoms with Crippen molar-refractivity contribution in [3.8, 4) is 5.75 Å². The first-order chi connectivity index (χ1) is 16.7. The summed E-state index contributed by atoms with van der Waals surface area (Å²) in [5, 5.41) is 1.45. The number of hydrogen-bond acceptors (Lipinski definition) is 4. The van der Waals surface area contributed by atoms with Crippen LogP contribution in [0, 0.1) is 0 Å². The molecular formula is C29H30N2O2S. The first-order valence-corrected chi connectivity index (χ1v) is 12.7. The third kappa shape index (κ3) is 7.09. The molecule has 0 bridgehead atoms. The molecule has 4 aromatic rings. The number of para-hydroxylation sites is 1. The van der Waals surface area contributed by atoms with E-state index in [-0.39, 0.29) is 5.91 Å². The highest BCUT2D eigenvalue weighted by molar-refractivity contribution is 7.99. The van der Waals surface area contributed by atoms with Crippen molar-refractivity contribution in [3.63, 3.8) is 0 Å². The van der Waals surface area contributed by atoms with Gasteiger partial charge in [-0.3, -0.25) is 4.79 Å². The van der Waals surface area contributed by atoms with E-state index in [4.69, 9.17) is 10.5 Å².